The number of piperidine rings is 1. The third kappa shape index (κ3) is 3.51. The van der Waals surface area contributed by atoms with Crippen molar-refractivity contribution in [2.75, 3.05) is 32.9 Å². The number of anilines is 1. The molecule has 1 fully saturated rings. The van der Waals surface area contributed by atoms with Crippen molar-refractivity contribution in [2.45, 2.75) is 38.1 Å². The van der Waals surface area contributed by atoms with E-state index in [1.165, 1.54) is 12.1 Å². The van der Waals surface area contributed by atoms with Crippen LogP contribution in [0, 0.1) is 12.7 Å². The van der Waals surface area contributed by atoms with E-state index in [2.05, 4.69) is 35.0 Å². The number of nitrogen functional groups attached to an aromatic ring is 1. The summed E-state index contributed by atoms with van der Waals surface area (Å²) in [5.41, 5.74) is 9.08. The average Bonchev–Trinajstić information content (AvgIpc) is 2.67. The van der Waals surface area contributed by atoms with Crippen LogP contribution in [0.15, 0.2) is 30.5 Å². The number of hydrogen-bond acceptors (Lipinski definition) is 4. The molecule has 1 aromatic carbocycles. The standard InChI is InChI=1S/C23H29FN4/c1-15-6-4-8-20(24)23(15)16-10-17-13-26-22(25)12-19(17)21(11-16)28-9-5-7-18(14-28)27(2)3/h4,6,8,10,12-13,16,18H,5,7,9,11,14,25H2,1-3H3/t16?,18-/m0/s1. The number of fused-ring (bicyclic) bond motifs is 1. The van der Waals surface area contributed by atoms with Crippen molar-refractivity contribution in [1.29, 1.82) is 0 Å². The topological polar surface area (TPSA) is 45.4 Å². The van der Waals surface area contributed by atoms with Crippen LogP contribution in [-0.2, 0) is 0 Å². The van der Waals surface area contributed by atoms with E-state index in [9.17, 15) is 4.39 Å². The first-order valence-electron chi connectivity index (χ1n) is 10.1. The van der Waals surface area contributed by atoms with Crippen LogP contribution in [0.3, 0.4) is 0 Å². The maximum atomic E-state index is 14.7. The highest BCUT2D eigenvalue weighted by molar-refractivity contribution is 5.58. The molecule has 4 rings (SSSR count). The van der Waals surface area contributed by atoms with Crippen LogP contribution in [0.2, 0.25) is 0 Å². The number of aryl methyl sites for hydroxylation is 1. The molecular weight excluding hydrogens is 351 g/mol. The molecule has 2 aromatic rings. The number of nitrogens with two attached hydrogens (primary N) is 1. The molecule has 0 saturated carbocycles. The van der Waals surface area contributed by atoms with Crippen molar-refractivity contribution >= 4 is 17.6 Å². The first-order valence-corrected chi connectivity index (χ1v) is 10.1. The van der Waals surface area contributed by atoms with E-state index >= 15 is 0 Å². The van der Waals surface area contributed by atoms with Crippen LogP contribution in [0.4, 0.5) is 10.2 Å². The number of halogens is 1. The molecule has 2 atom stereocenters. The molecular formula is C23H29FN4. The molecule has 2 aliphatic rings. The van der Waals surface area contributed by atoms with Crippen molar-refractivity contribution in [3.8, 4) is 0 Å². The van der Waals surface area contributed by atoms with Gasteiger partial charge >= 0.3 is 0 Å². The Hall–Kier alpha value is -2.40. The maximum Gasteiger partial charge on any atom is 0.127 e. The van der Waals surface area contributed by atoms with E-state index in [0.29, 0.717) is 11.9 Å². The number of nitrogens with zero attached hydrogens (tertiary/aromatic N) is 3. The van der Waals surface area contributed by atoms with Crippen LogP contribution in [0.25, 0.3) is 11.8 Å². The Morgan fingerprint density at radius 2 is 2.11 bits per heavy atom. The lowest BCUT2D eigenvalue weighted by molar-refractivity contribution is 0.173. The summed E-state index contributed by atoms with van der Waals surface area (Å²) in [7, 11) is 4.30. The Morgan fingerprint density at radius 3 is 2.86 bits per heavy atom. The largest absolute Gasteiger partial charge is 0.384 e. The van der Waals surface area contributed by atoms with Gasteiger partial charge in [0, 0.05) is 42.2 Å². The van der Waals surface area contributed by atoms with Crippen molar-refractivity contribution in [3.05, 3.63) is 57.8 Å². The van der Waals surface area contributed by atoms with Crippen molar-refractivity contribution in [1.82, 2.24) is 14.8 Å². The van der Waals surface area contributed by atoms with Crippen LogP contribution in [0.5, 0.6) is 0 Å². The molecule has 0 amide bonds. The number of rotatable bonds is 3. The fraction of sp³-hybridized carbons (Fsp3) is 0.435. The molecule has 1 unspecified atom stereocenters. The van der Waals surface area contributed by atoms with Gasteiger partial charge in [-0.15, -0.1) is 0 Å². The minimum atomic E-state index is -0.128. The Labute approximate surface area is 166 Å². The molecule has 2 heterocycles. The van der Waals surface area contributed by atoms with Crippen LogP contribution >= 0.6 is 0 Å². The molecule has 1 aliphatic heterocycles. The molecule has 1 saturated heterocycles. The SMILES string of the molecule is Cc1cccc(F)c1C1C=c2cnc(N)cc2=C(N2CCC[C@H](N(C)C)C2)C1. The molecule has 0 bridgehead atoms. The zero-order valence-electron chi connectivity index (χ0n) is 17.0. The van der Waals surface area contributed by atoms with E-state index in [1.54, 1.807) is 12.1 Å². The second-order valence-corrected chi connectivity index (χ2v) is 8.30. The minimum Gasteiger partial charge on any atom is -0.384 e. The molecule has 0 spiro atoms. The molecule has 28 heavy (non-hydrogen) atoms. The maximum absolute atomic E-state index is 14.7. The van der Waals surface area contributed by atoms with Gasteiger partial charge in [-0.25, -0.2) is 9.37 Å². The van der Waals surface area contributed by atoms with Gasteiger partial charge in [0.25, 0.3) is 0 Å². The lowest BCUT2D eigenvalue weighted by atomic mass is 9.85. The summed E-state index contributed by atoms with van der Waals surface area (Å²) in [5.74, 6) is 0.414. The summed E-state index contributed by atoms with van der Waals surface area (Å²) >= 11 is 0. The summed E-state index contributed by atoms with van der Waals surface area (Å²) in [6.07, 6.45) is 7.16. The zero-order valence-corrected chi connectivity index (χ0v) is 17.0. The highest BCUT2D eigenvalue weighted by atomic mass is 19.1. The van der Waals surface area contributed by atoms with Crippen LogP contribution in [0.1, 0.15) is 36.3 Å². The van der Waals surface area contributed by atoms with Crippen molar-refractivity contribution in [3.63, 3.8) is 0 Å². The summed E-state index contributed by atoms with van der Waals surface area (Å²) < 4.78 is 14.7. The Balaban J connectivity index is 1.82. The first-order chi connectivity index (χ1) is 13.4. The van der Waals surface area contributed by atoms with Gasteiger partial charge in [-0.2, -0.15) is 0 Å². The third-order valence-electron chi connectivity index (χ3n) is 6.21. The van der Waals surface area contributed by atoms with E-state index in [-0.39, 0.29) is 11.7 Å². The van der Waals surface area contributed by atoms with E-state index < -0.39 is 0 Å². The fourth-order valence-electron chi connectivity index (χ4n) is 4.68. The molecule has 5 heteroatoms. The zero-order chi connectivity index (χ0) is 19.8. The Kier molecular flexibility index (Phi) is 5.11. The fourth-order valence-corrected chi connectivity index (χ4v) is 4.68. The molecule has 4 nitrogen and oxygen atoms in total. The highest BCUT2D eigenvalue weighted by Crippen LogP contribution is 2.33. The van der Waals surface area contributed by atoms with E-state index in [0.717, 1.165) is 47.5 Å². The number of likely N-dealkylation sites (N-methyl/N-ethyl adjacent to an activating group) is 1. The summed E-state index contributed by atoms with van der Waals surface area (Å²) in [5, 5.41) is 2.20. The lowest BCUT2D eigenvalue weighted by Gasteiger charge is -2.40. The van der Waals surface area contributed by atoms with Gasteiger partial charge < -0.3 is 15.5 Å². The minimum absolute atomic E-state index is 0.00820. The van der Waals surface area contributed by atoms with Gasteiger partial charge in [0.05, 0.1) is 0 Å². The second-order valence-electron chi connectivity index (χ2n) is 8.30. The quantitative estimate of drug-likeness (QED) is 0.887. The first kappa shape index (κ1) is 18.9. The number of hydrogen-bond donors (Lipinski definition) is 1. The van der Waals surface area contributed by atoms with Crippen molar-refractivity contribution < 1.29 is 4.39 Å². The summed E-state index contributed by atoms with van der Waals surface area (Å²) in [6, 6.07) is 7.85. The average molecular weight is 381 g/mol. The summed E-state index contributed by atoms with van der Waals surface area (Å²) in [6.45, 7) is 4.02. The molecule has 2 N–H and O–H groups in total. The smallest absolute Gasteiger partial charge is 0.127 e. The van der Waals surface area contributed by atoms with E-state index in [1.807, 2.05) is 25.3 Å². The third-order valence-corrected chi connectivity index (χ3v) is 6.21. The van der Waals surface area contributed by atoms with Gasteiger partial charge in [-0.1, -0.05) is 18.2 Å². The van der Waals surface area contributed by atoms with Gasteiger partial charge in [-0.05, 0) is 68.8 Å². The van der Waals surface area contributed by atoms with Gasteiger partial charge in [0.1, 0.15) is 11.6 Å². The predicted octanol–water partition coefficient (Wildman–Crippen LogP) is 2.21. The normalized spacial score (nSPS) is 22.2. The van der Waals surface area contributed by atoms with Gasteiger partial charge in [0.2, 0.25) is 0 Å². The van der Waals surface area contributed by atoms with Gasteiger partial charge in [-0.3, -0.25) is 0 Å². The number of aromatic nitrogens is 1. The van der Waals surface area contributed by atoms with Crippen LogP contribution in [-0.4, -0.2) is 48.0 Å². The van der Waals surface area contributed by atoms with E-state index in [4.69, 9.17) is 5.73 Å². The molecule has 0 radical (unpaired) electrons. The van der Waals surface area contributed by atoms with Crippen molar-refractivity contribution in [2.24, 2.45) is 0 Å². The Bertz CT molecular complexity index is 978. The second kappa shape index (κ2) is 7.55. The lowest BCUT2D eigenvalue weighted by Crippen LogP contribution is -2.47. The van der Waals surface area contributed by atoms with Crippen LogP contribution < -0.4 is 16.2 Å². The summed E-state index contributed by atoms with van der Waals surface area (Å²) in [4.78, 5) is 9.10. The number of benzene rings is 1. The Morgan fingerprint density at radius 1 is 1.29 bits per heavy atom. The highest BCUT2D eigenvalue weighted by Gasteiger charge is 2.28. The molecule has 148 valence electrons. The predicted molar refractivity (Wildman–Crippen MR) is 113 cm³/mol. The number of likely N-dealkylation sites (tertiary alicyclic amines) is 1. The van der Waals surface area contributed by atoms with Gasteiger partial charge in [0.15, 0.2) is 0 Å². The monoisotopic (exact) mass is 380 g/mol. The molecule has 1 aliphatic carbocycles. The number of pyridine rings is 1. The molecule has 1 aromatic heterocycles.